The van der Waals surface area contributed by atoms with E-state index < -0.39 is 105 Å². The van der Waals surface area contributed by atoms with Gasteiger partial charge in [-0.3, -0.25) is 14.4 Å². The Morgan fingerprint density at radius 1 is 0.682 bits per heavy atom. The van der Waals surface area contributed by atoms with Crippen LogP contribution >= 0.6 is 0 Å². The molecule has 0 aliphatic carbocycles. The molecule has 20 nitrogen and oxygen atoms in total. The number of benzene rings is 2. The van der Waals surface area contributed by atoms with Gasteiger partial charge in [0, 0.05) is 50.0 Å². The maximum absolute atomic E-state index is 15.0. The number of carbonyl (C=O) groups excluding carboxylic acids is 3. The highest BCUT2D eigenvalue weighted by molar-refractivity contribution is 6.74. The zero-order chi connectivity index (χ0) is 75.8. The Bertz CT molecular complexity index is 3480. The Balaban J connectivity index is 0.670. The van der Waals surface area contributed by atoms with Gasteiger partial charge >= 0.3 is 5.97 Å². The highest BCUT2D eigenvalue weighted by atomic mass is 28.4. The van der Waals surface area contributed by atoms with E-state index in [1.54, 1.807) is 20.3 Å². The van der Waals surface area contributed by atoms with Crippen LogP contribution in [0.2, 0.25) is 18.1 Å². The van der Waals surface area contributed by atoms with Gasteiger partial charge in [0.2, 0.25) is 11.6 Å². The molecule has 0 aromatic heterocycles. The number of ether oxygens (including phenoxy) is 16. The Morgan fingerprint density at radius 2 is 1.38 bits per heavy atom. The van der Waals surface area contributed by atoms with Crippen LogP contribution in [0.5, 0.6) is 11.5 Å². The second kappa shape index (κ2) is 32.3. The molecule has 2 aromatic rings. The lowest BCUT2D eigenvalue weighted by Gasteiger charge is -2.51. The molecule has 2 spiro atoms. The molecule has 107 heavy (non-hydrogen) atoms. The molecule has 592 valence electrons. The standard InChI is InChI=1S/C86H124O20Si/c1-18-46(2)35-48(4)68-43-72(106-107(16,17)84(11,12)13)74(98-68)52(8)37-58(88)36-49(5)64(92-45-55-19-24-59(90-14)25-20-55)30-23-57(87)41-67-51(7)40-70-75(99-67)54(10)76-71(96-70)44-69-53(9)47(3)38-61(94-69)28-31-65-50(6)39-63(93-65)33-34-85-83-86(105-82(101-83)56-21-26-60(91-15)27-22-56)81(104-85)80-79(103-86)78(102-85)77-66(97-80)32-29-62(95-77)42-73(89)100-76/h19-27,30,46-49,51-52,54,61-72,74-83H,6,9,18,28-29,31-45H2,1-5,7-8,10-17H3/b30-23+/t46-,47+,48-,49-,51+,52-,54-,61-,62+,63?,64+,65?,66-,67+,68-,69?,70-,71-,72-,74-,75-,76+,77-,78?,79-,80+,81?,82-,83-,85+,86+/m0/s1. The first-order chi connectivity index (χ1) is 51.0. The number of hydrogen-bond acceptors (Lipinski definition) is 20. The third-order valence-corrected chi connectivity index (χ3v) is 31.6. The van der Waals surface area contributed by atoms with Crippen molar-refractivity contribution >= 4 is 25.9 Å². The predicted molar refractivity (Wildman–Crippen MR) is 402 cm³/mol. The summed E-state index contributed by atoms with van der Waals surface area (Å²) in [4.78, 5) is 44.0. The average molecular weight is 1510 g/mol. The van der Waals surface area contributed by atoms with Gasteiger partial charge in [0.1, 0.15) is 53.9 Å². The van der Waals surface area contributed by atoms with Crippen molar-refractivity contribution in [2.45, 2.75) is 356 Å². The molecule has 0 N–H and O–H groups in total. The fraction of sp³-hybridized carbons (Fsp3) is 0.756. The minimum absolute atomic E-state index is 0.0197. The van der Waals surface area contributed by atoms with Crippen molar-refractivity contribution in [3.63, 3.8) is 0 Å². The van der Waals surface area contributed by atoms with Gasteiger partial charge in [-0.15, -0.1) is 0 Å². The third kappa shape index (κ3) is 16.5. The zero-order valence-corrected chi connectivity index (χ0v) is 67.3. The van der Waals surface area contributed by atoms with Crippen LogP contribution in [0.3, 0.4) is 0 Å². The van der Waals surface area contributed by atoms with Crippen molar-refractivity contribution < 1.29 is 94.6 Å². The van der Waals surface area contributed by atoms with E-state index in [-0.39, 0.29) is 127 Å². The number of rotatable bonds is 22. The van der Waals surface area contributed by atoms with E-state index in [1.165, 1.54) is 0 Å². The molecule has 21 heteroatoms. The first-order valence-electron chi connectivity index (χ1n) is 40.8. The number of allylic oxidation sites excluding steroid dienone is 1. The monoisotopic (exact) mass is 1500 g/mol. The van der Waals surface area contributed by atoms with E-state index in [0.29, 0.717) is 69.0 Å². The number of carbonyl (C=O) groups is 3. The molecule has 13 aliphatic rings. The average Bonchev–Trinajstić information content (AvgIpc) is 1.49. The second-order valence-corrected chi connectivity index (χ2v) is 40.7. The Labute approximate surface area is 636 Å². The maximum atomic E-state index is 15.0. The van der Waals surface area contributed by atoms with Gasteiger partial charge in [0.05, 0.1) is 113 Å². The van der Waals surface area contributed by atoms with Crippen molar-refractivity contribution in [2.24, 2.45) is 41.4 Å². The molecule has 12 bridgehead atoms. The number of methoxy groups -OCH3 is 2. The number of hydrogen-bond donors (Lipinski definition) is 0. The van der Waals surface area contributed by atoms with Gasteiger partial charge < -0.3 is 80.2 Å². The van der Waals surface area contributed by atoms with Crippen molar-refractivity contribution in [2.75, 3.05) is 14.2 Å². The normalized spacial score (nSPS) is 41.2. The Kier molecular flexibility index (Phi) is 24.0. The molecule has 13 saturated heterocycles. The summed E-state index contributed by atoms with van der Waals surface area (Å²) in [5.74, 6) is -1.28. The van der Waals surface area contributed by atoms with Crippen LogP contribution in [-0.4, -0.2) is 180 Å². The van der Waals surface area contributed by atoms with Crippen LogP contribution in [0, 0.1) is 41.4 Å². The number of fused-ring (bicyclic) bond motifs is 7. The summed E-state index contributed by atoms with van der Waals surface area (Å²) in [5.41, 5.74) is 3.79. The topological polar surface area (TPSA) is 208 Å². The van der Waals surface area contributed by atoms with Crippen LogP contribution in [0.4, 0.5) is 0 Å². The lowest BCUT2D eigenvalue weighted by Crippen LogP contribution is -2.63. The second-order valence-electron chi connectivity index (χ2n) is 36.0. The molecule has 2 aromatic carbocycles. The summed E-state index contributed by atoms with van der Waals surface area (Å²) in [6, 6.07) is 15.4. The molecule has 0 radical (unpaired) electrons. The van der Waals surface area contributed by atoms with E-state index >= 15 is 0 Å². The van der Waals surface area contributed by atoms with Gasteiger partial charge in [-0.2, -0.15) is 0 Å². The lowest BCUT2D eigenvalue weighted by atomic mass is 9.77. The van der Waals surface area contributed by atoms with Crippen LogP contribution in [0.25, 0.3) is 0 Å². The molecule has 0 amide bonds. The molecule has 5 unspecified atom stereocenters. The van der Waals surface area contributed by atoms with E-state index in [2.05, 4.69) is 95.5 Å². The molecule has 31 atom stereocenters. The molecule has 15 rings (SSSR count). The van der Waals surface area contributed by atoms with Gasteiger partial charge in [0.15, 0.2) is 26.5 Å². The summed E-state index contributed by atoms with van der Waals surface area (Å²) >= 11 is 0. The first kappa shape index (κ1) is 79.4. The number of esters is 1. The van der Waals surface area contributed by atoms with E-state index in [4.69, 9.17) is 80.2 Å². The molecule has 13 heterocycles. The Hall–Kier alpha value is -4.27. The van der Waals surface area contributed by atoms with Gasteiger partial charge in [0.25, 0.3) is 0 Å². The fourth-order valence-corrected chi connectivity index (χ4v) is 20.9. The smallest absolute Gasteiger partial charge is 0.308 e. The van der Waals surface area contributed by atoms with E-state index in [9.17, 15) is 14.4 Å². The molecule has 0 saturated carbocycles. The predicted octanol–water partition coefficient (Wildman–Crippen LogP) is 14.9. The van der Waals surface area contributed by atoms with Crippen LogP contribution in [0.15, 0.2) is 85.0 Å². The summed E-state index contributed by atoms with van der Waals surface area (Å²) in [5, 5.41) is 0.0197. The van der Waals surface area contributed by atoms with Crippen LogP contribution in [-0.2, 0) is 91.7 Å². The van der Waals surface area contributed by atoms with Crippen LogP contribution < -0.4 is 9.47 Å². The molecular formula is C86H124O20Si. The van der Waals surface area contributed by atoms with E-state index in [0.717, 1.165) is 66.5 Å². The van der Waals surface area contributed by atoms with Crippen molar-refractivity contribution in [1.82, 2.24) is 0 Å². The summed E-state index contributed by atoms with van der Waals surface area (Å²) in [6.07, 6.45) is 3.53. The third-order valence-electron chi connectivity index (χ3n) is 27.1. The molecular weight excluding hydrogens is 1380 g/mol. The van der Waals surface area contributed by atoms with Crippen molar-refractivity contribution in [1.29, 1.82) is 0 Å². The summed E-state index contributed by atoms with van der Waals surface area (Å²) < 4.78 is 117. The maximum Gasteiger partial charge on any atom is 0.308 e. The van der Waals surface area contributed by atoms with Crippen molar-refractivity contribution in [3.05, 3.63) is 96.1 Å². The van der Waals surface area contributed by atoms with E-state index in [1.807, 2.05) is 61.5 Å². The zero-order valence-electron chi connectivity index (χ0n) is 66.3. The SMILES string of the molecule is C=C1CC2CC[C@@]34OC5[C@H]6O[C@H](CC[C@@H]6O[C@H]6C(O3)[C@]3(O[C@@H](c7ccc(OC)cc7)O[C@@H]43)O[C@@H]56)CC(=O)O[C@@H]3[C@@H](C)[C@@H]4O[C@H](CC(=O)/C=C/[C@@H](OCc5ccc(OC)cc5)[C@@H](C)CC(=O)C[C@H](C)[C@@H]5O[C@H]([C@@H](C)C[C@@H](C)CC)C[C@@H]5O[Si](C)(C)C(C)(C)C)[C@H](C)C[C@@H]4O[C@H]3CC3O[C@@H](CCC1O2)C[C@@H](C)C3=C. The number of ketones is 2. The van der Waals surface area contributed by atoms with Crippen LogP contribution in [0.1, 0.15) is 203 Å². The Morgan fingerprint density at radius 3 is 2.11 bits per heavy atom. The van der Waals surface area contributed by atoms with Gasteiger partial charge in [-0.25, -0.2) is 0 Å². The fourth-order valence-electron chi connectivity index (χ4n) is 19.6. The first-order valence-corrected chi connectivity index (χ1v) is 43.7. The highest BCUT2D eigenvalue weighted by Gasteiger charge is 2.83. The molecule has 13 aliphatic heterocycles. The van der Waals surface area contributed by atoms with Gasteiger partial charge in [-0.1, -0.05) is 126 Å². The van der Waals surface area contributed by atoms with Crippen molar-refractivity contribution in [3.8, 4) is 11.5 Å². The largest absolute Gasteiger partial charge is 0.497 e. The number of Topliss-reactive ketones (excluding diaryl/α,β-unsaturated/α-hetero) is 1. The summed E-state index contributed by atoms with van der Waals surface area (Å²) in [7, 11) is 1.10. The van der Waals surface area contributed by atoms with Gasteiger partial charge in [-0.05, 0) is 158 Å². The minimum atomic E-state index is -2.17. The minimum Gasteiger partial charge on any atom is -0.497 e. The summed E-state index contributed by atoms with van der Waals surface area (Å²) in [6.45, 7) is 38.3. The quantitative estimate of drug-likeness (QED) is 0.0464. The highest BCUT2D eigenvalue weighted by Crippen LogP contribution is 2.64. The lowest BCUT2D eigenvalue weighted by molar-refractivity contribution is -0.329. The molecule has 13 fully saturated rings.